The first-order chi connectivity index (χ1) is 6.84. The number of nitrogens with two attached hydrogens (primary N) is 1. The Morgan fingerprint density at radius 2 is 2.07 bits per heavy atom. The van der Waals surface area contributed by atoms with Gasteiger partial charge in [-0.05, 0) is 43.7 Å². The molecule has 0 aromatic heterocycles. The Labute approximate surface area is 84.3 Å². The van der Waals surface area contributed by atoms with Crippen molar-refractivity contribution in [3.05, 3.63) is 24.3 Å². The molecule has 3 heteroatoms. The van der Waals surface area contributed by atoms with Crippen LogP contribution in [0.15, 0.2) is 24.3 Å². The first kappa shape index (κ1) is 9.34. The number of anilines is 1. The summed E-state index contributed by atoms with van der Waals surface area (Å²) in [4.78, 5) is 0. The minimum Gasteiger partial charge on any atom is -0.489 e. The predicted octanol–water partition coefficient (Wildman–Crippen LogP) is 1.40. The second-order valence-corrected chi connectivity index (χ2v) is 3.66. The van der Waals surface area contributed by atoms with Crippen LogP contribution >= 0.6 is 0 Å². The van der Waals surface area contributed by atoms with Crippen LogP contribution in [0.5, 0.6) is 5.75 Å². The highest BCUT2D eigenvalue weighted by Crippen LogP contribution is 2.17. The molecule has 2 rings (SSSR count). The molecule has 1 aliphatic rings. The van der Waals surface area contributed by atoms with Crippen LogP contribution in [0.25, 0.3) is 0 Å². The average molecular weight is 192 g/mol. The number of rotatable bonds is 2. The van der Waals surface area contributed by atoms with E-state index in [1.807, 2.05) is 24.3 Å². The lowest BCUT2D eigenvalue weighted by molar-refractivity contribution is 0.167. The van der Waals surface area contributed by atoms with Crippen LogP contribution < -0.4 is 15.8 Å². The monoisotopic (exact) mass is 192 g/mol. The third-order valence-electron chi connectivity index (χ3n) is 2.43. The van der Waals surface area contributed by atoms with E-state index >= 15 is 0 Å². The van der Waals surface area contributed by atoms with E-state index in [0.717, 1.165) is 30.9 Å². The minimum absolute atomic E-state index is 0.312. The summed E-state index contributed by atoms with van der Waals surface area (Å²) in [6.07, 6.45) is 2.64. The summed E-state index contributed by atoms with van der Waals surface area (Å²) in [7, 11) is 0. The quantitative estimate of drug-likeness (QED) is 0.696. The molecule has 1 aromatic rings. The minimum atomic E-state index is 0.312. The third kappa shape index (κ3) is 2.39. The van der Waals surface area contributed by atoms with Crippen molar-refractivity contribution < 1.29 is 4.74 Å². The Morgan fingerprint density at radius 1 is 1.29 bits per heavy atom. The molecule has 3 nitrogen and oxygen atoms in total. The summed E-state index contributed by atoms with van der Waals surface area (Å²) in [6.45, 7) is 2.06. The molecule has 1 saturated heterocycles. The Bertz CT molecular complexity index is 278. The first-order valence-electron chi connectivity index (χ1n) is 5.07. The third-order valence-corrected chi connectivity index (χ3v) is 2.43. The molecule has 0 aliphatic carbocycles. The molecule has 1 fully saturated rings. The first-order valence-corrected chi connectivity index (χ1v) is 5.07. The molecule has 76 valence electrons. The fourth-order valence-corrected chi connectivity index (χ4v) is 1.66. The number of piperidine rings is 1. The molecule has 0 spiro atoms. The fraction of sp³-hybridized carbons (Fsp3) is 0.455. The molecule has 0 radical (unpaired) electrons. The van der Waals surface area contributed by atoms with E-state index in [1.165, 1.54) is 6.42 Å². The summed E-state index contributed by atoms with van der Waals surface area (Å²) in [5.74, 6) is 0.910. The lowest BCUT2D eigenvalue weighted by atomic mass is 10.1. The number of ether oxygens (including phenoxy) is 1. The summed E-state index contributed by atoms with van der Waals surface area (Å²) < 4.78 is 5.79. The molecular formula is C11H16N2O. The lowest BCUT2D eigenvalue weighted by Crippen LogP contribution is -2.37. The number of nitrogen functional groups attached to an aromatic ring is 1. The van der Waals surface area contributed by atoms with Crippen LogP contribution in [-0.4, -0.2) is 19.2 Å². The predicted molar refractivity (Wildman–Crippen MR) is 57.4 cm³/mol. The Balaban J connectivity index is 1.92. The van der Waals surface area contributed by atoms with Crippen molar-refractivity contribution in [1.29, 1.82) is 0 Å². The summed E-state index contributed by atoms with van der Waals surface area (Å²) in [6, 6.07) is 7.57. The van der Waals surface area contributed by atoms with Crippen molar-refractivity contribution in [3.8, 4) is 5.75 Å². The summed E-state index contributed by atoms with van der Waals surface area (Å²) >= 11 is 0. The summed E-state index contributed by atoms with van der Waals surface area (Å²) in [5, 5.41) is 3.32. The molecule has 1 aliphatic heterocycles. The molecule has 0 bridgehead atoms. The smallest absolute Gasteiger partial charge is 0.119 e. The van der Waals surface area contributed by atoms with E-state index in [1.54, 1.807) is 0 Å². The van der Waals surface area contributed by atoms with E-state index in [4.69, 9.17) is 10.5 Å². The molecular weight excluding hydrogens is 176 g/mol. The maximum Gasteiger partial charge on any atom is 0.119 e. The summed E-state index contributed by atoms with van der Waals surface area (Å²) in [5.41, 5.74) is 6.37. The molecule has 14 heavy (non-hydrogen) atoms. The maximum atomic E-state index is 5.79. The van der Waals surface area contributed by atoms with Crippen LogP contribution in [-0.2, 0) is 0 Å². The van der Waals surface area contributed by atoms with Gasteiger partial charge in [0.25, 0.3) is 0 Å². The zero-order chi connectivity index (χ0) is 9.80. The van der Waals surface area contributed by atoms with Crippen LogP contribution in [0.1, 0.15) is 12.8 Å². The van der Waals surface area contributed by atoms with Gasteiger partial charge in [0.15, 0.2) is 0 Å². The van der Waals surface area contributed by atoms with E-state index < -0.39 is 0 Å². The second kappa shape index (κ2) is 4.33. The Morgan fingerprint density at radius 3 is 2.71 bits per heavy atom. The van der Waals surface area contributed by atoms with Crippen molar-refractivity contribution in [2.24, 2.45) is 0 Å². The van der Waals surface area contributed by atoms with Gasteiger partial charge in [-0.3, -0.25) is 0 Å². The zero-order valence-corrected chi connectivity index (χ0v) is 8.20. The van der Waals surface area contributed by atoms with Gasteiger partial charge in [0.05, 0.1) is 0 Å². The van der Waals surface area contributed by atoms with Crippen LogP contribution in [0, 0.1) is 0 Å². The van der Waals surface area contributed by atoms with Crippen LogP contribution in [0.4, 0.5) is 5.69 Å². The van der Waals surface area contributed by atoms with Gasteiger partial charge in [-0.25, -0.2) is 0 Å². The van der Waals surface area contributed by atoms with Crippen molar-refractivity contribution in [3.63, 3.8) is 0 Å². The van der Waals surface area contributed by atoms with Gasteiger partial charge in [-0.1, -0.05) is 0 Å². The van der Waals surface area contributed by atoms with E-state index in [2.05, 4.69) is 5.32 Å². The van der Waals surface area contributed by atoms with Gasteiger partial charge in [0.2, 0.25) is 0 Å². The molecule has 3 N–H and O–H groups in total. The molecule has 1 aromatic carbocycles. The number of hydrogen-bond acceptors (Lipinski definition) is 3. The standard InChI is InChI=1S/C11H16N2O/c12-9-3-5-10(6-4-9)14-11-2-1-7-13-8-11/h3-6,11,13H,1-2,7-8,12H2. The van der Waals surface area contributed by atoms with Gasteiger partial charge < -0.3 is 15.8 Å². The molecule has 1 atom stereocenters. The SMILES string of the molecule is Nc1ccc(OC2CCCNC2)cc1. The lowest BCUT2D eigenvalue weighted by Gasteiger charge is -2.23. The van der Waals surface area contributed by atoms with Crippen molar-refractivity contribution in [2.75, 3.05) is 18.8 Å². The molecule has 1 unspecified atom stereocenters. The maximum absolute atomic E-state index is 5.79. The molecule has 0 amide bonds. The second-order valence-electron chi connectivity index (χ2n) is 3.66. The zero-order valence-electron chi connectivity index (χ0n) is 8.20. The largest absolute Gasteiger partial charge is 0.489 e. The highest BCUT2D eigenvalue weighted by atomic mass is 16.5. The average Bonchev–Trinajstić information content (AvgIpc) is 2.23. The Hall–Kier alpha value is -1.22. The van der Waals surface area contributed by atoms with E-state index in [0.29, 0.717) is 6.10 Å². The topological polar surface area (TPSA) is 47.3 Å². The van der Waals surface area contributed by atoms with Gasteiger partial charge >= 0.3 is 0 Å². The Kier molecular flexibility index (Phi) is 2.89. The van der Waals surface area contributed by atoms with Crippen molar-refractivity contribution >= 4 is 5.69 Å². The van der Waals surface area contributed by atoms with Crippen molar-refractivity contribution in [2.45, 2.75) is 18.9 Å². The number of benzene rings is 1. The van der Waals surface area contributed by atoms with E-state index in [9.17, 15) is 0 Å². The molecule has 1 heterocycles. The van der Waals surface area contributed by atoms with Crippen LogP contribution in [0.3, 0.4) is 0 Å². The highest BCUT2D eigenvalue weighted by Gasteiger charge is 2.13. The molecule has 0 saturated carbocycles. The highest BCUT2D eigenvalue weighted by molar-refractivity contribution is 5.41. The van der Waals surface area contributed by atoms with Gasteiger partial charge in [0.1, 0.15) is 11.9 Å². The normalized spacial score (nSPS) is 21.9. The van der Waals surface area contributed by atoms with Gasteiger partial charge in [-0.2, -0.15) is 0 Å². The fourth-order valence-electron chi connectivity index (χ4n) is 1.66. The van der Waals surface area contributed by atoms with Gasteiger partial charge in [0, 0.05) is 12.2 Å². The van der Waals surface area contributed by atoms with Crippen LogP contribution in [0.2, 0.25) is 0 Å². The number of hydrogen-bond donors (Lipinski definition) is 2. The van der Waals surface area contributed by atoms with Crippen molar-refractivity contribution in [1.82, 2.24) is 5.32 Å². The van der Waals surface area contributed by atoms with E-state index in [-0.39, 0.29) is 0 Å². The van der Waals surface area contributed by atoms with Gasteiger partial charge in [-0.15, -0.1) is 0 Å². The number of nitrogens with one attached hydrogen (secondary N) is 1.